The van der Waals surface area contributed by atoms with E-state index in [0.717, 1.165) is 16.8 Å². The van der Waals surface area contributed by atoms with Gasteiger partial charge >= 0.3 is 5.69 Å². The molecule has 0 aliphatic heterocycles. The van der Waals surface area contributed by atoms with Gasteiger partial charge in [0.1, 0.15) is 24.0 Å². The summed E-state index contributed by atoms with van der Waals surface area (Å²) in [6.07, 6.45) is 3.09. The number of carbonyl (C=O) groups excluding carboxylic acids is 1. The smallest absolute Gasteiger partial charge is 0.312 e. The number of hydrogen-bond donors (Lipinski definition) is 1. The van der Waals surface area contributed by atoms with Gasteiger partial charge in [0.25, 0.3) is 5.91 Å². The predicted molar refractivity (Wildman–Crippen MR) is 116 cm³/mol. The number of aryl methyl sites for hydroxylation is 1. The number of nitro groups is 1. The van der Waals surface area contributed by atoms with E-state index in [2.05, 4.69) is 20.5 Å². The Kier molecular flexibility index (Phi) is 5.75. The lowest BCUT2D eigenvalue weighted by molar-refractivity contribution is -0.386. The topological polar surface area (TPSA) is 121 Å². The Balaban J connectivity index is 1.36. The number of nitrogens with zero attached hydrogens (tertiary/aromatic N) is 6. The molecule has 0 saturated heterocycles. The summed E-state index contributed by atoms with van der Waals surface area (Å²) >= 11 is 0. The molecule has 10 heteroatoms. The van der Waals surface area contributed by atoms with Crippen LogP contribution < -0.4 is 5.32 Å². The van der Waals surface area contributed by atoms with Crippen LogP contribution in [-0.2, 0) is 13.1 Å². The Hall–Kier alpha value is -4.34. The van der Waals surface area contributed by atoms with E-state index in [4.69, 9.17) is 0 Å². The van der Waals surface area contributed by atoms with Gasteiger partial charge in [-0.1, -0.05) is 24.3 Å². The molecule has 0 fully saturated rings. The van der Waals surface area contributed by atoms with Gasteiger partial charge in [-0.15, -0.1) is 0 Å². The van der Waals surface area contributed by atoms with E-state index in [-0.39, 0.29) is 11.6 Å². The van der Waals surface area contributed by atoms with Crippen LogP contribution in [0, 0.1) is 24.0 Å². The molecule has 0 radical (unpaired) electrons. The first-order valence-corrected chi connectivity index (χ1v) is 9.92. The molecule has 0 bridgehead atoms. The van der Waals surface area contributed by atoms with Crippen molar-refractivity contribution in [3.05, 3.63) is 99.4 Å². The first-order valence-electron chi connectivity index (χ1n) is 9.92. The third kappa shape index (κ3) is 4.38. The number of nitrogens with one attached hydrogen (secondary N) is 1. The van der Waals surface area contributed by atoms with Crippen molar-refractivity contribution in [1.82, 2.24) is 29.9 Å². The quantitative estimate of drug-likeness (QED) is 0.355. The van der Waals surface area contributed by atoms with Crippen LogP contribution in [0.1, 0.15) is 32.9 Å². The molecule has 162 valence electrons. The molecular weight excluding hydrogens is 410 g/mol. The van der Waals surface area contributed by atoms with Gasteiger partial charge in [0, 0.05) is 12.1 Å². The lowest BCUT2D eigenvalue weighted by atomic mass is 10.1. The van der Waals surface area contributed by atoms with E-state index >= 15 is 0 Å². The Morgan fingerprint density at radius 2 is 1.75 bits per heavy atom. The van der Waals surface area contributed by atoms with Crippen molar-refractivity contribution in [2.75, 3.05) is 0 Å². The van der Waals surface area contributed by atoms with Crippen molar-refractivity contribution in [3.63, 3.8) is 0 Å². The standard InChI is InChI=1S/C22H21N7O3/c1-15-21(29(31)32)16(2)27(26-15)12-18-3-7-19(8-4-18)22(30)24-11-17-5-9-20(10-6-17)28-14-23-13-25-28/h3-10,13-14H,11-12H2,1-2H3,(H,24,30). The summed E-state index contributed by atoms with van der Waals surface area (Å²) in [5.74, 6) is -0.182. The average molecular weight is 431 g/mol. The van der Waals surface area contributed by atoms with Gasteiger partial charge in [-0.05, 0) is 49.2 Å². The molecule has 2 aromatic carbocycles. The second kappa shape index (κ2) is 8.80. The van der Waals surface area contributed by atoms with Crippen molar-refractivity contribution in [2.45, 2.75) is 26.9 Å². The van der Waals surface area contributed by atoms with Crippen molar-refractivity contribution in [2.24, 2.45) is 0 Å². The molecule has 0 spiro atoms. The predicted octanol–water partition coefficient (Wildman–Crippen LogP) is 2.97. The van der Waals surface area contributed by atoms with Crippen LogP contribution in [0.25, 0.3) is 5.69 Å². The van der Waals surface area contributed by atoms with Crippen LogP contribution in [0.2, 0.25) is 0 Å². The molecule has 32 heavy (non-hydrogen) atoms. The summed E-state index contributed by atoms with van der Waals surface area (Å²) in [6, 6.07) is 14.8. The summed E-state index contributed by atoms with van der Waals surface area (Å²) in [4.78, 5) is 27.2. The first kappa shape index (κ1) is 20.9. The monoisotopic (exact) mass is 431 g/mol. The van der Waals surface area contributed by atoms with Crippen LogP contribution in [-0.4, -0.2) is 35.4 Å². The van der Waals surface area contributed by atoms with E-state index in [1.807, 2.05) is 36.4 Å². The van der Waals surface area contributed by atoms with Crippen molar-refractivity contribution >= 4 is 11.6 Å². The Morgan fingerprint density at radius 3 is 2.34 bits per heavy atom. The molecule has 2 heterocycles. The van der Waals surface area contributed by atoms with Crippen molar-refractivity contribution < 1.29 is 9.72 Å². The zero-order valence-corrected chi connectivity index (χ0v) is 17.6. The van der Waals surface area contributed by atoms with E-state index in [1.54, 1.807) is 41.7 Å². The molecule has 4 aromatic rings. The van der Waals surface area contributed by atoms with Crippen LogP contribution in [0.3, 0.4) is 0 Å². The number of aromatic nitrogens is 5. The van der Waals surface area contributed by atoms with Crippen molar-refractivity contribution in [1.29, 1.82) is 0 Å². The van der Waals surface area contributed by atoms with Gasteiger partial charge in [-0.3, -0.25) is 19.6 Å². The van der Waals surface area contributed by atoms with E-state index < -0.39 is 4.92 Å². The molecule has 0 aliphatic rings. The summed E-state index contributed by atoms with van der Waals surface area (Å²) in [6.45, 7) is 4.09. The van der Waals surface area contributed by atoms with Crippen LogP contribution in [0.4, 0.5) is 5.69 Å². The normalized spacial score (nSPS) is 10.8. The zero-order valence-electron chi connectivity index (χ0n) is 17.6. The number of amides is 1. The van der Waals surface area contributed by atoms with Crippen LogP contribution >= 0.6 is 0 Å². The molecule has 0 aliphatic carbocycles. The second-order valence-corrected chi connectivity index (χ2v) is 7.32. The molecule has 1 N–H and O–H groups in total. The first-order chi connectivity index (χ1) is 15.4. The van der Waals surface area contributed by atoms with Gasteiger partial charge in [0.05, 0.1) is 17.2 Å². The van der Waals surface area contributed by atoms with E-state index in [1.165, 1.54) is 6.33 Å². The van der Waals surface area contributed by atoms with Gasteiger partial charge in [0.15, 0.2) is 0 Å². The third-order valence-electron chi connectivity index (χ3n) is 5.15. The van der Waals surface area contributed by atoms with Gasteiger partial charge in [0.2, 0.25) is 0 Å². The average Bonchev–Trinajstić information content (AvgIpc) is 3.41. The fraction of sp³-hybridized carbons (Fsp3) is 0.182. The van der Waals surface area contributed by atoms with Gasteiger partial charge < -0.3 is 5.32 Å². The lowest BCUT2D eigenvalue weighted by Gasteiger charge is -2.08. The number of benzene rings is 2. The summed E-state index contributed by atoms with van der Waals surface area (Å²) < 4.78 is 3.26. The molecule has 0 unspecified atom stereocenters. The molecule has 0 atom stereocenters. The zero-order chi connectivity index (χ0) is 22.7. The van der Waals surface area contributed by atoms with E-state index in [0.29, 0.717) is 30.0 Å². The highest BCUT2D eigenvalue weighted by Crippen LogP contribution is 2.22. The second-order valence-electron chi connectivity index (χ2n) is 7.32. The van der Waals surface area contributed by atoms with Crippen LogP contribution in [0.15, 0.2) is 61.2 Å². The van der Waals surface area contributed by atoms with Gasteiger partial charge in [-0.2, -0.15) is 10.2 Å². The minimum absolute atomic E-state index is 0.0373. The molecule has 1 amide bonds. The summed E-state index contributed by atoms with van der Waals surface area (Å²) in [7, 11) is 0. The van der Waals surface area contributed by atoms with Gasteiger partial charge in [-0.25, -0.2) is 9.67 Å². The van der Waals surface area contributed by atoms with E-state index in [9.17, 15) is 14.9 Å². The minimum atomic E-state index is -0.413. The maximum absolute atomic E-state index is 12.5. The molecule has 2 aromatic heterocycles. The maximum Gasteiger partial charge on any atom is 0.312 e. The number of hydrogen-bond acceptors (Lipinski definition) is 6. The highest BCUT2D eigenvalue weighted by Gasteiger charge is 2.21. The fourth-order valence-corrected chi connectivity index (χ4v) is 3.43. The third-order valence-corrected chi connectivity index (χ3v) is 5.15. The minimum Gasteiger partial charge on any atom is -0.348 e. The van der Waals surface area contributed by atoms with Crippen LogP contribution in [0.5, 0.6) is 0 Å². The number of carbonyl (C=O) groups is 1. The Morgan fingerprint density at radius 1 is 1.06 bits per heavy atom. The fourth-order valence-electron chi connectivity index (χ4n) is 3.43. The Bertz CT molecular complexity index is 1240. The summed E-state index contributed by atoms with van der Waals surface area (Å²) in [5.41, 5.74) is 4.21. The summed E-state index contributed by atoms with van der Waals surface area (Å²) in [5, 5.41) is 22.4. The Labute approximate surface area is 183 Å². The largest absolute Gasteiger partial charge is 0.348 e. The lowest BCUT2D eigenvalue weighted by Crippen LogP contribution is -2.22. The highest BCUT2D eigenvalue weighted by atomic mass is 16.6. The highest BCUT2D eigenvalue weighted by molar-refractivity contribution is 5.94. The van der Waals surface area contributed by atoms with Crippen molar-refractivity contribution in [3.8, 4) is 5.69 Å². The molecular formula is C22H21N7O3. The maximum atomic E-state index is 12.5. The number of rotatable bonds is 7. The SMILES string of the molecule is Cc1nn(Cc2ccc(C(=O)NCc3ccc(-n4cncn4)cc3)cc2)c(C)c1[N+](=O)[O-]. The molecule has 0 saturated carbocycles. The molecule has 10 nitrogen and oxygen atoms in total. The molecule has 4 rings (SSSR count).